The largest absolute Gasteiger partial charge is 0.462 e. The van der Waals surface area contributed by atoms with Gasteiger partial charge in [0.1, 0.15) is 5.00 Å². The topological polar surface area (TPSA) is 55.4 Å². The van der Waals surface area contributed by atoms with Crippen LogP contribution in [0.4, 0.5) is 5.00 Å². The standard InChI is InChI=1S/C17H25NO3S/c1-3-9-14(19)18-16-15(17(20)21-4-2)12-10-7-5-6-8-11-13(12)22-16/h3-11H2,1-2H3,(H,18,19). The van der Waals surface area contributed by atoms with Crippen molar-refractivity contribution in [2.45, 2.75) is 65.2 Å². The third kappa shape index (κ3) is 4.09. The monoisotopic (exact) mass is 323 g/mol. The summed E-state index contributed by atoms with van der Waals surface area (Å²) in [7, 11) is 0. The predicted octanol–water partition coefficient (Wildman–Crippen LogP) is 4.32. The fourth-order valence-electron chi connectivity index (χ4n) is 2.84. The maximum absolute atomic E-state index is 12.4. The second-order valence-corrected chi connectivity index (χ2v) is 6.75. The molecule has 0 spiro atoms. The average Bonchev–Trinajstić information content (AvgIpc) is 2.76. The van der Waals surface area contributed by atoms with Crippen LogP contribution in [0, 0.1) is 0 Å². The summed E-state index contributed by atoms with van der Waals surface area (Å²) < 4.78 is 5.22. The van der Waals surface area contributed by atoms with E-state index >= 15 is 0 Å². The van der Waals surface area contributed by atoms with Crippen molar-refractivity contribution < 1.29 is 14.3 Å². The van der Waals surface area contributed by atoms with Crippen LogP contribution in [0.1, 0.15) is 73.2 Å². The lowest BCUT2D eigenvalue weighted by atomic mass is 9.96. The summed E-state index contributed by atoms with van der Waals surface area (Å²) in [5.41, 5.74) is 1.71. The molecule has 0 saturated carbocycles. The molecule has 1 aromatic rings. The van der Waals surface area contributed by atoms with Gasteiger partial charge >= 0.3 is 5.97 Å². The number of aryl methyl sites for hydroxylation is 1. The van der Waals surface area contributed by atoms with Gasteiger partial charge in [0.25, 0.3) is 0 Å². The first-order valence-corrected chi connectivity index (χ1v) is 9.10. The summed E-state index contributed by atoms with van der Waals surface area (Å²) >= 11 is 1.56. The number of nitrogens with one attached hydrogen (secondary N) is 1. The van der Waals surface area contributed by atoms with Crippen molar-refractivity contribution in [2.75, 3.05) is 11.9 Å². The molecule has 1 aliphatic rings. The summed E-state index contributed by atoms with van der Waals surface area (Å²) in [6.07, 6.45) is 7.87. The van der Waals surface area contributed by atoms with E-state index in [1.165, 1.54) is 17.7 Å². The van der Waals surface area contributed by atoms with Crippen LogP contribution in [0.15, 0.2) is 0 Å². The van der Waals surface area contributed by atoms with Crippen molar-refractivity contribution in [1.82, 2.24) is 0 Å². The van der Waals surface area contributed by atoms with E-state index in [0.717, 1.165) is 37.7 Å². The van der Waals surface area contributed by atoms with Crippen molar-refractivity contribution in [3.05, 3.63) is 16.0 Å². The van der Waals surface area contributed by atoms with Gasteiger partial charge in [-0.1, -0.05) is 19.8 Å². The molecule has 1 N–H and O–H groups in total. The molecule has 1 amide bonds. The Labute approximate surface area is 136 Å². The summed E-state index contributed by atoms with van der Waals surface area (Å²) in [5, 5.41) is 3.61. The van der Waals surface area contributed by atoms with E-state index in [1.54, 1.807) is 11.3 Å². The first-order valence-electron chi connectivity index (χ1n) is 8.28. The molecule has 1 aromatic heterocycles. The number of rotatable bonds is 5. The number of hydrogen-bond acceptors (Lipinski definition) is 4. The number of amides is 1. The highest BCUT2D eigenvalue weighted by molar-refractivity contribution is 7.17. The van der Waals surface area contributed by atoms with Crippen LogP contribution >= 0.6 is 11.3 Å². The second kappa shape index (κ2) is 8.32. The first-order chi connectivity index (χ1) is 10.7. The molecule has 1 aliphatic carbocycles. The molecule has 1 heterocycles. The Morgan fingerprint density at radius 1 is 1.14 bits per heavy atom. The second-order valence-electron chi connectivity index (χ2n) is 5.64. The number of thiophene rings is 1. The molecule has 2 rings (SSSR count). The SMILES string of the molecule is CCCC(=O)Nc1sc2c(c1C(=O)OCC)CCCCCC2. The van der Waals surface area contributed by atoms with Crippen LogP contribution in [-0.2, 0) is 22.4 Å². The van der Waals surface area contributed by atoms with Gasteiger partial charge in [0.2, 0.25) is 5.91 Å². The predicted molar refractivity (Wildman–Crippen MR) is 89.7 cm³/mol. The zero-order valence-electron chi connectivity index (χ0n) is 13.5. The molecule has 0 saturated heterocycles. The van der Waals surface area contributed by atoms with E-state index in [4.69, 9.17) is 4.74 Å². The molecule has 22 heavy (non-hydrogen) atoms. The minimum Gasteiger partial charge on any atom is -0.462 e. The highest BCUT2D eigenvalue weighted by Crippen LogP contribution is 2.37. The van der Waals surface area contributed by atoms with Gasteiger partial charge in [-0.3, -0.25) is 4.79 Å². The van der Waals surface area contributed by atoms with Gasteiger partial charge in [0, 0.05) is 11.3 Å². The highest BCUT2D eigenvalue weighted by Gasteiger charge is 2.25. The van der Waals surface area contributed by atoms with Gasteiger partial charge in [-0.05, 0) is 44.6 Å². The summed E-state index contributed by atoms with van der Waals surface area (Å²) in [6, 6.07) is 0. The van der Waals surface area contributed by atoms with Gasteiger partial charge in [-0.2, -0.15) is 0 Å². The van der Waals surface area contributed by atoms with E-state index in [-0.39, 0.29) is 11.9 Å². The van der Waals surface area contributed by atoms with Gasteiger partial charge in [0.15, 0.2) is 0 Å². The van der Waals surface area contributed by atoms with Gasteiger partial charge < -0.3 is 10.1 Å². The van der Waals surface area contributed by atoms with Crippen molar-refractivity contribution >= 4 is 28.2 Å². The lowest BCUT2D eigenvalue weighted by molar-refractivity contribution is -0.116. The van der Waals surface area contributed by atoms with E-state index in [9.17, 15) is 9.59 Å². The molecule has 0 radical (unpaired) electrons. The molecule has 5 heteroatoms. The lowest BCUT2D eigenvalue weighted by Gasteiger charge is -2.11. The van der Waals surface area contributed by atoms with E-state index < -0.39 is 0 Å². The van der Waals surface area contributed by atoms with Crippen molar-refractivity contribution in [1.29, 1.82) is 0 Å². The maximum atomic E-state index is 12.4. The van der Waals surface area contributed by atoms with Crippen LogP contribution in [-0.4, -0.2) is 18.5 Å². The van der Waals surface area contributed by atoms with E-state index in [0.29, 0.717) is 23.6 Å². The van der Waals surface area contributed by atoms with E-state index in [1.807, 2.05) is 13.8 Å². The highest BCUT2D eigenvalue weighted by atomic mass is 32.1. The Balaban J connectivity index is 2.35. The Kier molecular flexibility index (Phi) is 6.43. The quantitative estimate of drug-likeness (QED) is 0.821. The fraction of sp³-hybridized carbons (Fsp3) is 0.647. The van der Waals surface area contributed by atoms with Gasteiger partial charge in [-0.15, -0.1) is 11.3 Å². The maximum Gasteiger partial charge on any atom is 0.341 e. The molecule has 0 fully saturated rings. The lowest BCUT2D eigenvalue weighted by Crippen LogP contribution is -2.15. The molecule has 0 atom stereocenters. The number of carbonyl (C=O) groups is 2. The summed E-state index contributed by atoms with van der Waals surface area (Å²) in [6.45, 7) is 4.13. The molecule has 4 nitrogen and oxygen atoms in total. The average molecular weight is 323 g/mol. The van der Waals surface area contributed by atoms with Crippen LogP contribution in [0.3, 0.4) is 0 Å². The molecule has 0 aromatic carbocycles. The Morgan fingerprint density at radius 3 is 2.55 bits per heavy atom. The number of fused-ring (bicyclic) bond motifs is 1. The van der Waals surface area contributed by atoms with Crippen LogP contribution in [0.25, 0.3) is 0 Å². The summed E-state index contributed by atoms with van der Waals surface area (Å²) in [4.78, 5) is 25.6. The minimum atomic E-state index is -0.299. The van der Waals surface area contributed by atoms with Crippen LogP contribution < -0.4 is 5.32 Å². The third-order valence-corrected chi connectivity index (χ3v) is 5.09. The number of esters is 1. The van der Waals surface area contributed by atoms with Crippen LogP contribution in [0.2, 0.25) is 0 Å². The number of anilines is 1. The summed E-state index contributed by atoms with van der Waals surface area (Å²) in [5.74, 6) is -0.324. The minimum absolute atomic E-state index is 0.0257. The van der Waals surface area contributed by atoms with E-state index in [2.05, 4.69) is 5.32 Å². The van der Waals surface area contributed by atoms with Gasteiger partial charge in [0.05, 0.1) is 12.2 Å². The molecule has 0 bridgehead atoms. The molecule has 0 aliphatic heterocycles. The molecular weight excluding hydrogens is 298 g/mol. The number of hydrogen-bond donors (Lipinski definition) is 1. The normalized spacial score (nSPS) is 14.6. The third-order valence-electron chi connectivity index (χ3n) is 3.88. The Bertz CT molecular complexity index is 536. The van der Waals surface area contributed by atoms with Gasteiger partial charge in [-0.25, -0.2) is 4.79 Å². The van der Waals surface area contributed by atoms with Crippen LogP contribution in [0.5, 0.6) is 0 Å². The zero-order chi connectivity index (χ0) is 15.9. The van der Waals surface area contributed by atoms with Crippen molar-refractivity contribution in [2.24, 2.45) is 0 Å². The first kappa shape index (κ1) is 17.0. The Morgan fingerprint density at radius 2 is 1.86 bits per heavy atom. The molecular formula is C17H25NO3S. The Hall–Kier alpha value is -1.36. The molecule has 0 unspecified atom stereocenters. The zero-order valence-corrected chi connectivity index (χ0v) is 14.3. The molecule has 122 valence electrons. The van der Waals surface area contributed by atoms with Crippen molar-refractivity contribution in [3.8, 4) is 0 Å². The fourth-order valence-corrected chi connectivity index (χ4v) is 4.14. The smallest absolute Gasteiger partial charge is 0.341 e. The number of carbonyl (C=O) groups excluding carboxylic acids is 2. The number of ether oxygens (including phenoxy) is 1. The van der Waals surface area contributed by atoms with Crippen molar-refractivity contribution in [3.63, 3.8) is 0 Å².